The quantitative estimate of drug-likeness (QED) is 0.465. The first-order valence-corrected chi connectivity index (χ1v) is 5.77. The molecule has 0 bridgehead atoms. The topological polar surface area (TPSA) is 61.0 Å². The fourth-order valence-corrected chi connectivity index (χ4v) is 1.78. The van der Waals surface area contributed by atoms with Crippen LogP contribution in [0.2, 0.25) is 0 Å². The molecule has 1 heterocycles. The van der Waals surface area contributed by atoms with Gasteiger partial charge in [0, 0.05) is 10.5 Å². The minimum atomic E-state index is -0.495. The highest BCUT2D eigenvalue weighted by Gasteiger charge is 2.12. The van der Waals surface area contributed by atoms with Gasteiger partial charge in [0.15, 0.2) is 5.03 Å². The predicted molar refractivity (Wildman–Crippen MR) is 61.8 cm³/mol. The Kier molecular flexibility index (Phi) is 2.91. The Labute approximate surface area is 96.2 Å². The lowest BCUT2D eigenvalue weighted by Gasteiger charge is -2.00. The van der Waals surface area contributed by atoms with Crippen LogP contribution in [0.1, 0.15) is 0 Å². The van der Waals surface area contributed by atoms with Gasteiger partial charge in [-0.05, 0) is 30.5 Å². The van der Waals surface area contributed by atoms with E-state index in [-0.39, 0.29) is 0 Å². The number of nitro groups is 1. The molecule has 2 rings (SSSR count). The van der Waals surface area contributed by atoms with Gasteiger partial charge in [0.05, 0.1) is 12.4 Å². The molecule has 1 aromatic carbocycles. The second kappa shape index (κ2) is 4.36. The van der Waals surface area contributed by atoms with Crippen LogP contribution in [0, 0.1) is 10.1 Å². The van der Waals surface area contributed by atoms with Gasteiger partial charge < -0.3 is 0 Å². The third-order valence-corrected chi connectivity index (χ3v) is 2.89. The minimum absolute atomic E-state index is 0.345. The summed E-state index contributed by atoms with van der Waals surface area (Å²) in [7, 11) is 0. The average Bonchev–Trinajstić information content (AvgIpc) is 2.78. The number of nitrogens with zero attached hydrogens (tertiary/aromatic N) is 3. The van der Waals surface area contributed by atoms with E-state index in [1.165, 1.54) is 12.4 Å². The van der Waals surface area contributed by atoms with Crippen molar-refractivity contribution in [1.82, 2.24) is 9.66 Å². The molecule has 2 aromatic rings. The molecule has 0 aliphatic heterocycles. The van der Waals surface area contributed by atoms with Crippen molar-refractivity contribution in [3.05, 3.63) is 46.8 Å². The normalized spacial score (nSPS) is 10.3. The summed E-state index contributed by atoms with van der Waals surface area (Å²) in [6, 6.07) is 7.49. The highest BCUT2D eigenvalue weighted by molar-refractivity contribution is 7.98. The first kappa shape index (κ1) is 10.7. The maximum absolute atomic E-state index is 10.7. The first-order valence-electron chi connectivity index (χ1n) is 4.55. The molecule has 0 saturated heterocycles. The summed E-state index contributed by atoms with van der Waals surface area (Å²) in [5, 5.41) is 10.2. The average molecular weight is 235 g/mol. The molecule has 0 fully saturated rings. The highest BCUT2D eigenvalue weighted by atomic mass is 32.2. The molecule has 82 valence electrons. The number of thioether (sulfide) groups is 1. The second-order valence-electron chi connectivity index (χ2n) is 3.06. The SMILES string of the molecule is CSc1ccc(-c2nccn2[N+](=O)[O-])cc1. The van der Waals surface area contributed by atoms with E-state index in [0.717, 1.165) is 15.1 Å². The zero-order valence-corrected chi connectivity index (χ0v) is 9.35. The van der Waals surface area contributed by atoms with Gasteiger partial charge in [0.2, 0.25) is 5.82 Å². The third-order valence-electron chi connectivity index (χ3n) is 2.15. The standard InChI is InChI=1S/C10H9N3O2S/c1-16-9-4-2-8(3-5-9)10-11-6-7-12(10)13(14)15/h2-7H,1H3. The van der Waals surface area contributed by atoms with Crippen LogP contribution < -0.4 is 0 Å². The van der Waals surface area contributed by atoms with Gasteiger partial charge in [-0.3, -0.25) is 0 Å². The summed E-state index contributed by atoms with van der Waals surface area (Å²) in [5.74, 6) is 0.345. The van der Waals surface area contributed by atoms with Crippen molar-refractivity contribution < 1.29 is 5.03 Å². The number of rotatable bonds is 3. The van der Waals surface area contributed by atoms with Crippen molar-refractivity contribution in [3.63, 3.8) is 0 Å². The summed E-state index contributed by atoms with van der Waals surface area (Å²) >= 11 is 1.62. The molecule has 0 atom stereocenters. The molecule has 0 aliphatic carbocycles. The lowest BCUT2D eigenvalue weighted by atomic mass is 10.2. The Bertz CT molecular complexity index is 507. The summed E-state index contributed by atoms with van der Waals surface area (Å²) in [5.41, 5.74) is 0.736. The van der Waals surface area contributed by atoms with Gasteiger partial charge in [-0.1, -0.05) is 4.68 Å². The number of benzene rings is 1. The molecule has 0 aliphatic rings. The lowest BCUT2D eigenvalue weighted by Crippen LogP contribution is -2.08. The molecular weight excluding hydrogens is 226 g/mol. The zero-order chi connectivity index (χ0) is 11.5. The second-order valence-corrected chi connectivity index (χ2v) is 3.94. The number of hydrogen-bond donors (Lipinski definition) is 0. The summed E-state index contributed by atoms with van der Waals surface area (Å²) in [6.45, 7) is 0. The minimum Gasteiger partial charge on any atom is -0.234 e. The fraction of sp³-hybridized carbons (Fsp3) is 0.100. The fourth-order valence-electron chi connectivity index (χ4n) is 1.38. The van der Waals surface area contributed by atoms with Crippen molar-refractivity contribution in [1.29, 1.82) is 0 Å². The Morgan fingerprint density at radius 2 is 2.06 bits per heavy atom. The van der Waals surface area contributed by atoms with Gasteiger partial charge in [0.25, 0.3) is 0 Å². The Morgan fingerprint density at radius 3 is 2.62 bits per heavy atom. The molecule has 1 aromatic heterocycles. The Hall–Kier alpha value is -1.82. The molecule has 5 nitrogen and oxygen atoms in total. The molecule has 0 unspecified atom stereocenters. The predicted octanol–water partition coefficient (Wildman–Crippen LogP) is 2.31. The van der Waals surface area contributed by atoms with Crippen LogP contribution in [0.25, 0.3) is 11.4 Å². The van der Waals surface area contributed by atoms with E-state index in [1.807, 2.05) is 30.5 Å². The maximum atomic E-state index is 10.7. The van der Waals surface area contributed by atoms with Crippen molar-refractivity contribution in [2.45, 2.75) is 4.90 Å². The van der Waals surface area contributed by atoms with Gasteiger partial charge in [0.1, 0.15) is 0 Å². The number of hydrogen-bond acceptors (Lipinski definition) is 4. The molecule has 0 saturated carbocycles. The molecule has 0 amide bonds. The molecular formula is C10H9N3O2S. The van der Waals surface area contributed by atoms with Crippen LogP contribution in [-0.2, 0) is 0 Å². The Morgan fingerprint density at radius 1 is 1.38 bits per heavy atom. The van der Waals surface area contributed by atoms with Crippen LogP contribution >= 0.6 is 11.8 Å². The largest absolute Gasteiger partial charge is 0.234 e. The summed E-state index contributed by atoms with van der Waals surface area (Å²) in [4.78, 5) is 15.8. The van der Waals surface area contributed by atoms with Crippen molar-refractivity contribution in [3.8, 4) is 11.4 Å². The zero-order valence-electron chi connectivity index (χ0n) is 8.53. The smallest absolute Gasteiger partial charge is 0.206 e. The van der Waals surface area contributed by atoms with E-state index < -0.39 is 5.03 Å². The van der Waals surface area contributed by atoms with Gasteiger partial charge >= 0.3 is 0 Å². The van der Waals surface area contributed by atoms with E-state index in [9.17, 15) is 10.1 Å². The number of aromatic nitrogens is 2. The van der Waals surface area contributed by atoms with E-state index in [2.05, 4.69) is 4.98 Å². The van der Waals surface area contributed by atoms with Crippen LogP contribution in [0.15, 0.2) is 41.6 Å². The maximum Gasteiger partial charge on any atom is 0.206 e. The van der Waals surface area contributed by atoms with E-state index >= 15 is 0 Å². The van der Waals surface area contributed by atoms with Crippen molar-refractivity contribution in [2.75, 3.05) is 6.26 Å². The summed E-state index contributed by atoms with van der Waals surface area (Å²) < 4.78 is 0.911. The van der Waals surface area contributed by atoms with E-state index in [1.54, 1.807) is 11.8 Å². The molecule has 0 N–H and O–H groups in total. The highest BCUT2D eigenvalue weighted by Crippen LogP contribution is 2.21. The molecule has 16 heavy (non-hydrogen) atoms. The van der Waals surface area contributed by atoms with Crippen LogP contribution in [0.5, 0.6) is 0 Å². The molecule has 0 radical (unpaired) electrons. The first-order chi connectivity index (χ1) is 7.72. The van der Waals surface area contributed by atoms with Crippen LogP contribution in [0.4, 0.5) is 0 Å². The molecule has 0 spiro atoms. The third kappa shape index (κ3) is 1.92. The van der Waals surface area contributed by atoms with Gasteiger partial charge in [-0.2, -0.15) is 0 Å². The van der Waals surface area contributed by atoms with Gasteiger partial charge in [-0.25, -0.2) is 15.1 Å². The Balaban J connectivity index is 2.42. The molecule has 6 heteroatoms. The van der Waals surface area contributed by atoms with Crippen molar-refractivity contribution in [2.24, 2.45) is 0 Å². The van der Waals surface area contributed by atoms with Gasteiger partial charge in [-0.15, -0.1) is 11.8 Å². The van der Waals surface area contributed by atoms with E-state index in [4.69, 9.17) is 0 Å². The monoisotopic (exact) mass is 235 g/mol. The van der Waals surface area contributed by atoms with E-state index in [0.29, 0.717) is 5.82 Å². The van der Waals surface area contributed by atoms with Crippen LogP contribution in [-0.4, -0.2) is 20.9 Å². The lowest BCUT2D eigenvalue weighted by molar-refractivity contribution is -0.540. The summed E-state index contributed by atoms with van der Waals surface area (Å²) in [6.07, 6.45) is 4.73. The van der Waals surface area contributed by atoms with Crippen LogP contribution in [0.3, 0.4) is 0 Å². The van der Waals surface area contributed by atoms with Crippen molar-refractivity contribution >= 4 is 11.8 Å². The number of imidazole rings is 1.